The van der Waals surface area contributed by atoms with Crippen LogP contribution in [0.15, 0.2) is 30.3 Å². The van der Waals surface area contributed by atoms with Gasteiger partial charge in [0.1, 0.15) is 0 Å². The molecule has 0 unspecified atom stereocenters. The highest BCUT2D eigenvalue weighted by Crippen LogP contribution is 2.17. The first-order valence-corrected chi connectivity index (χ1v) is 14.2. The predicted molar refractivity (Wildman–Crippen MR) is 142 cm³/mol. The third-order valence-corrected chi connectivity index (χ3v) is 6.68. The van der Waals surface area contributed by atoms with Crippen molar-refractivity contribution in [2.24, 2.45) is 0 Å². The van der Waals surface area contributed by atoms with Crippen molar-refractivity contribution in [1.82, 2.24) is 0 Å². The Kier molecular flexibility index (Phi) is 20.1. The molecule has 1 rings (SSSR count). The molecule has 180 valence electrons. The van der Waals surface area contributed by atoms with Gasteiger partial charge in [0.2, 0.25) is 0 Å². The first-order valence-electron chi connectivity index (χ1n) is 14.2. The van der Waals surface area contributed by atoms with E-state index in [1.807, 2.05) is 0 Å². The molecule has 0 fully saturated rings. The second-order valence-electron chi connectivity index (χ2n) is 9.69. The molecule has 1 nitrogen and oxygen atoms in total. The topological polar surface area (TPSA) is 3.24 Å². The van der Waals surface area contributed by atoms with Crippen LogP contribution in [-0.4, -0.2) is 13.1 Å². The molecule has 31 heavy (non-hydrogen) atoms. The summed E-state index contributed by atoms with van der Waals surface area (Å²) in [4.78, 5) is 2.65. The Morgan fingerprint density at radius 3 is 1.10 bits per heavy atom. The van der Waals surface area contributed by atoms with Crippen molar-refractivity contribution in [1.29, 1.82) is 0 Å². The van der Waals surface area contributed by atoms with Crippen LogP contribution in [0.25, 0.3) is 0 Å². The molecule has 0 aromatic heterocycles. The lowest BCUT2D eigenvalue weighted by Gasteiger charge is -2.25. The maximum atomic E-state index is 2.65. The number of hydrogen-bond donors (Lipinski definition) is 0. The Balaban J connectivity index is 2.10. The van der Waals surface area contributed by atoms with E-state index in [0.29, 0.717) is 0 Å². The smallest absolute Gasteiger partial charge is 0.0366 e. The minimum atomic E-state index is 1.23. The number of nitrogens with zero attached hydrogens (tertiary/aromatic N) is 1. The highest BCUT2D eigenvalue weighted by Gasteiger charge is 2.06. The summed E-state index contributed by atoms with van der Waals surface area (Å²) in [5, 5.41) is 0. The van der Waals surface area contributed by atoms with Gasteiger partial charge in [0.15, 0.2) is 0 Å². The van der Waals surface area contributed by atoms with E-state index in [9.17, 15) is 0 Å². The zero-order valence-electron chi connectivity index (χ0n) is 21.4. The minimum Gasteiger partial charge on any atom is -0.372 e. The molecule has 0 saturated heterocycles. The van der Waals surface area contributed by atoms with E-state index in [2.05, 4.69) is 49.1 Å². The number of anilines is 1. The Hall–Kier alpha value is -0.980. The lowest BCUT2D eigenvalue weighted by atomic mass is 10.1. The summed E-state index contributed by atoms with van der Waals surface area (Å²) in [7, 11) is 0. The van der Waals surface area contributed by atoms with Gasteiger partial charge in [0.25, 0.3) is 0 Å². The van der Waals surface area contributed by atoms with Crippen LogP contribution in [-0.2, 0) is 0 Å². The standard InChI is InChI=1S/C30H55N/c1-3-5-7-9-11-13-15-17-19-24-28-31(30-26-22-21-23-27-30)29-25-20-18-16-14-12-10-8-6-4-2/h21-23,26-27H,3-20,24-25,28-29H2,1-2H3. The Labute approximate surface area is 196 Å². The fraction of sp³-hybridized carbons (Fsp3) is 0.800. The molecule has 0 spiro atoms. The largest absolute Gasteiger partial charge is 0.372 e. The van der Waals surface area contributed by atoms with Gasteiger partial charge in [-0.25, -0.2) is 0 Å². The molecule has 1 heteroatoms. The van der Waals surface area contributed by atoms with E-state index >= 15 is 0 Å². The number of para-hydroxylation sites is 1. The number of unbranched alkanes of at least 4 members (excludes halogenated alkanes) is 18. The van der Waals surface area contributed by atoms with Gasteiger partial charge in [0.05, 0.1) is 0 Å². The summed E-state index contributed by atoms with van der Waals surface area (Å²) < 4.78 is 0. The normalized spacial score (nSPS) is 11.2. The number of rotatable bonds is 23. The average molecular weight is 430 g/mol. The van der Waals surface area contributed by atoms with Crippen molar-refractivity contribution in [3.63, 3.8) is 0 Å². The molecule has 0 radical (unpaired) electrons. The van der Waals surface area contributed by atoms with E-state index in [1.165, 1.54) is 147 Å². The van der Waals surface area contributed by atoms with Crippen LogP contribution in [0.3, 0.4) is 0 Å². The molecular formula is C30H55N. The van der Waals surface area contributed by atoms with Crippen molar-refractivity contribution < 1.29 is 0 Å². The van der Waals surface area contributed by atoms with Crippen molar-refractivity contribution in [2.75, 3.05) is 18.0 Å². The summed E-state index contributed by atoms with van der Waals surface area (Å²) in [6.07, 6.45) is 28.4. The zero-order valence-corrected chi connectivity index (χ0v) is 21.4. The van der Waals surface area contributed by atoms with Crippen LogP contribution >= 0.6 is 0 Å². The Morgan fingerprint density at radius 1 is 0.419 bits per heavy atom. The lowest BCUT2D eigenvalue weighted by Crippen LogP contribution is -2.25. The van der Waals surface area contributed by atoms with E-state index in [4.69, 9.17) is 0 Å². The highest BCUT2D eigenvalue weighted by molar-refractivity contribution is 5.45. The van der Waals surface area contributed by atoms with Gasteiger partial charge in [-0.15, -0.1) is 0 Å². The zero-order chi connectivity index (χ0) is 22.2. The molecule has 0 atom stereocenters. The lowest BCUT2D eigenvalue weighted by molar-refractivity contribution is 0.543. The van der Waals surface area contributed by atoms with Gasteiger partial charge in [-0.3, -0.25) is 0 Å². The molecule has 0 aliphatic carbocycles. The van der Waals surface area contributed by atoms with Crippen LogP contribution in [0, 0.1) is 0 Å². The molecular weight excluding hydrogens is 374 g/mol. The maximum absolute atomic E-state index is 2.65. The second-order valence-corrected chi connectivity index (χ2v) is 9.69. The van der Waals surface area contributed by atoms with Crippen LogP contribution in [0.4, 0.5) is 5.69 Å². The summed E-state index contributed by atoms with van der Waals surface area (Å²) in [5.74, 6) is 0. The summed E-state index contributed by atoms with van der Waals surface area (Å²) in [5.41, 5.74) is 1.43. The summed E-state index contributed by atoms with van der Waals surface area (Å²) >= 11 is 0. The molecule has 1 aromatic rings. The predicted octanol–water partition coefficient (Wildman–Crippen LogP) is 10.3. The number of hydrogen-bond acceptors (Lipinski definition) is 1. The number of benzene rings is 1. The third kappa shape index (κ3) is 17.3. The van der Waals surface area contributed by atoms with E-state index in [-0.39, 0.29) is 0 Å². The minimum absolute atomic E-state index is 1.23. The van der Waals surface area contributed by atoms with Crippen LogP contribution < -0.4 is 4.90 Å². The fourth-order valence-electron chi connectivity index (χ4n) is 4.59. The molecule has 0 bridgehead atoms. The third-order valence-electron chi connectivity index (χ3n) is 6.68. The van der Waals surface area contributed by atoms with Crippen LogP contribution in [0.2, 0.25) is 0 Å². The van der Waals surface area contributed by atoms with Crippen molar-refractivity contribution in [2.45, 2.75) is 142 Å². The Bertz CT molecular complexity index is 431. The van der Waals surface area contributed by atoms with Crippen LogP contribution in [0.5, 0.6) is 0 Å². The molecule has 0 N–H and O–H groups in total. The summed E-state index contributed by atoms with van der Waals surface area (Å²) in [6, 6.07) is 11.1. The van der Waals surface area contributed by atoms with Crippen LogP contribution in [0.1, 0.15) is 142 Å². The van der Waals surface area contributed by atoms with Gasteiger partial charge < -0.3 is 4.90 Å². The average Bonchev–Trinajstić information content (AvgIpc) is 2.80. The second kappa shape index (κ2) is 22.2. The molecule has 0 aliphatic rings. The maximum Gasteiger partial charge on any atom is 0.0366 e. The van der Waals surface area contributed by atoms with E-state index in [1.54, 1.807) is 0 Å². The van der Waals surface area contributed by atoms with Gasteiger partial charge in [0, 0.05) is 18.8 Å². The summed E-state index contributed by atoms with van der Waals surface area (Å²) in [6.45, 7) is 7.07. The Morgan fingerprint density at radius 2 is 0.742 bits per heavy atom. The monoisotopic (exact) mass is 429 g/mol. The molecule has 0 amide bonds. The van der Waals surface area contributed by atoms with E-state index in [0.717, 1.165) is 0 Å². The van der Waals surface area contributed by atoms with Crippen molar-refractivity contribution in [3.05, 3.63) is 30.3 Å². The van der Waals surface area contributed by atoms with Gasteiger partial charge in [-0.1, -0.05) is 148 Å². The quantitative estimate of drug-likeness (QED) is 0.156. The first kappa shape index (κ1) is 28.1. The van der Waals surface area contributed by atoms with Crippen molar-refractivity contribution in [3.8, 4) is 0 Å². The molecule has 1 aromatic carbocycles. The van der Waals surface area contributed by atoms with Gasteiger partial charge in [-0.2, -0.15) is 0 Å². The fourth-order valence-corrected chi connectivity index (χ4v) is 4.59. The molecule has 0 aliphatic heterocycles. The SMILES string of the molecule is CCCCCCCCCCCCN(CCCCCCCCCCCC)c1ccccc1. The first-order chi connectivity index (χ1) is 15.4. The van der Waals surface area contributed by atoms with Gasteiger partial charge >= 0.3 is 0 Å². The molecule has 0 saturated carbocycles. The molecule has 0 heterocycles. The van der Waals surface area contributed by atoms with Gasteiger partial charge in [-0.05, 0) is 25.0 Å². The van der Waals surface area contributed by atoms with Crippen molar-refractivity contribution >= 4 is 5.69 Å². The highest BCUT2D eigenvalue weighted by atomic mass is 15.1. The van der Waals surface area contributed by atoms with E-state index < -0.39 is 0 Å².